The molecule has 1 aliphatic carbocycles. The fourth-order valence-corrected chi connectivity index (χ4v) is 6.99. The summed E-state index contributed by atoms with van der Waals surface area (Å²) in [5, 5.41) is 9.61. The second kappa shape index (κ2) is 15.9. The lowest BCUT2D eigenvalue weighted by Crippen LogP contribution is -2.45. The van der Waals surface area contributed by atoms with E-state index in [-0.39, 0.29) is 24.9 Å². The van der Waals surface area contributed by atoms with Crippen molar-refractivity contribution in [2.24, 2.45) is 0 Å². The molecule has 1 atom stereocenters. The minimum absolute atomic E-state index is 0.0447. The number of pyridine rings is 1. The lowest BCUT2D eigenvalue weighted by atomic mass is 9.63. The van der Waals surface area contributed by atoms with Gasteiger partial charge in [0.05, 0.1) is 17.9 Å². The highest BCUT2D eigenvalue weighted by Crippen LogP contribution is 2.48. The van der Waals surface area contributed by atoms with E-state index >= 15 is 13.2 Å². The highest BCUT2D eigenvalue weighted by Gasteiger charge is 2.61. The molecule has 1 aliphatic heterocycles. The van der Waals surface area contributed by atoms with Gasteiger partial charge < -0.3 is 18.8 Å². The van der Waals surface area contributed by atoms with Gasteiger partial charge in [0.2, 0.25) is 5.60 Å². The summed E-state index contributed by atoms with van der Waals surface area (Å²) in [7, 11) is 0. The number of hydrogen-bond donors (Lipinski definition) is 1. The summed E-state index contributed by atoms with van der Waals surface area (Å²) in [6.45, 7) is 5.81. The molecule has 57 heavy (non-hydrogen) atoms. The third-order valence-corrected chi connectivity index (χ3v) is 10.3. The van der Waals surface area contributed by atoms with Crippen LogP contribution in [0.4, 0.5) is 36.8 Å². The van der Waals surface area contributed by atoms with Gasteiger partial charge in [-0.2, -0.15) is 26.3 Å². The Balaban J connectivity index is 1.49. The van der Waals surface area contributed by atoms with E-state index in [1.807, 2.05) is 24.3 Å². The average molecular weight is 800 g/mol. The average Bonchev–Trinajstić information content (AvgIpc) is 3.61. The van der Waals surface area contributed by atoms with Gasteiger partial charge in [-0.15, -0.1) is 10.2 Å². The maximum Gasteiger partial charge on any atom is 0.426 e. The van der Waals surface area contributed by atoms with E-state index in [2.05, 4.69) is 27.4 Å². The predicted molar refractivity (Wildman–Crippen MR) is 197 cm³/mol. The Morgan fingerprint density at radius 1 is 0.930 bits per heavy atom. The number of halogens is 6. The largest absolute Gasteiger partial charge is 0.444 e. The first-order valence-electron chi connectivity index (χ1n) is 18.6. The van der Waals surface area contributed by atoms with Gasteiger partial charge in [-0.25, -0.2) is 9.78 Å². The summed E-state index contributed by atoms with van der Waals surface area (Å²) >= 11 is 0. The van der Waals surface area contributed by atoms with Crippen LogP contribution in [0.5, 0.6) is 0 Å². The van der Waals surface area contributed by atoms with Crippen LogP contribution in [-0.2, 0) is 39.8 Å². The van der Waals surface area contributed by atoms with Crippen LogP contribution in [-0.4, -0.2) is 50.4 Å². The SMILES string of the molecule is CCC1(c2ccc(CN3CC/C=C/CC(OCc4ccccc4)(C(F)(F)F)c4nnc(o4)-c4nc(c(C(F)(F)F)cc4NC(=O)OC(C)(C)C)C3=O)cc2)CCC1. The summed E-state index contributed by atoms with van der Waals surface area (Å²) in [6, 6.07) is 16.1. The summed E-state index contributed by atoms with van der Waals surface area (Å²) in [6.07, 6.45) is -5.72. The molecule has 1 saturated carbocycles. The molecule has 0 spiro atoms. The van der Waals surface area contributed by atoms with Crippen LogP contribution in [0, 0.1) is 0 Å². The summed E-state index contributed by atoms with van der Waals surface area (Å²) < 4.78 is 107. The molecular formula is C41H43F6N5O5. The molecule has 4 aromatic rings. The maximum absolute atomic E-state index is 15.3. The lowest BCUT2D eigenvalue weighted by Gasteiger charge is -2.42. The highest BCUT2D eigenvalue weighted by atomic mass is 19.4. The second-order valence-electron chi connectivity index (χ2n) is 15.3. The Morgan fingerprint density at radius 2 is 1.63 bits per heavy atom. The fraction of sp³-hybridized carbons (Fsp3) is 0.439. The van der Waals surface area contributed by atoms with Crippen molar-refractivity contribution in [3.05, 3.63) is 107 Å². The van der Waals surface area contributed by atoms with Crippen LogP contribution >= 0.6 is 0 Å². The Morgan fingerprint density at radius 3 is 2.23 bits per heavy atom. The first-order valence-corrected chi connectivity index (χ1v) is 18.6. The van der Waals surface area contributed by atoms with Gasteiger partial charge in [0.1, 0.15) is 11.3 Å². The molecular weight excluding hydrogens is 756 g/mol. The van der Waals surface area contributed by atoms with Crippen molar-refractivity contribution in [1.82, 2.24) is 20.1 Å². The number of hydrogen-bond acceptors (Lipinski definition) is 8. The van der Waals surface area contributed by atoms with E-state index in [0.717, 1.165) is 36.1 Å². The number of ether oxygens (including phenoxy) is 2. The standard InChI is InChI=1S/C41H43F6N5O5/c1-5-38(19-12-20-38)28-17-15-26(16-18-28)24-52-22-11-7-10-21-39(41(45,46)47,55-25-27-13-8-6-9-14-27)35-51-50-33(56-35)32-30(48-36(54)57-37(2,3)4)23-29(40(42,43)44)31(49-32)34(52)53/h6-10,13-18,23H,5,11-12,19-22,24-25H2,1-4H3,(H,48,54)/b10-7+. The fourth-order valence-electron chi connectivity index (χ4n) is 6.99. The van der Waals surface area contributed by atoms with Crippen molar-refractivity contribution < 1.29 is 49.8 Å². The van der Waals surface area contributed by atoms with Crippen molar-refractivity contribution in [3.63, 3.8) is 0 Å². The van der Waals surface area contributed by atoms with Crippen LogP contribution in [0.3, 0.4) is 0 Å². The molecule has 304 valence electrons. The van der Waals surface area contributed by atoms with Crippen LogP contribution in [0.2, 0.25) is 0 Å². The number of nitrogens with zero attached hydrogens (tertiary/aromatic N) is 4. The molecule has 3 heterocycles. The third-order valence-electron chi connectivity index (χ3n) is 10.3. The molecule has 0 radical (unpaired) electrons. The van der Waals surface area contributed by atoms with Crippen molar-refractivity contribution >= 4 is 17.7 Å². The first-order chi connectivity index (χ1) is 26.8. The molecule has 4 bridgehead atoms. The Bertz CT molecular complexity index is 2080. The number of aromatic nitrogens is 3. The van der Waals surface area contributed by atoms with Crippen molar-refractivity contribution in [2.75, 3.05) is 11.9 Å². The Labute approximate surface area is 325 Å². The Kier molecular flexibility index (Phi) is 11.6. The quantitative estimate of drug-likeness (QED) is 0.138. The molecule has 6 rings (SSSR count). The first kappa shape index (κ1) is 41.4. The Hall–Kier alpha value is -5.25. The van der Waals surface area contributed by atoms with Crippen LogP contribution in [0.15, 0.2) is 77.2 Å². The zero-order chi connectivity index (χ0) is 41.2. The van der Waals surface area contributed by atoms with Gasteiger partial charge in [-0.1, -0.05) is 80.1 Å². The van der Waals surface area contributed by atoms with Crippen molar-refractivity contribution in [3.8, 4) is 11.6 Å². The molecule has 16 heteroatoms. The van der Waals surface area contributed by atoms with Gasteiger partial charge in [-0.3, -0.25) is 10.1 Å². The molecule has 2 amide bonds. The minimum Gasteiger partial charge on any atom is -0.444 e. The molecule has 1 fully saturated rings. The monoisotopic (exact) mass is 799 g/mol. The molecule has 2 aromatic carbocycles. The summed E-state index contributed by atoms with van der Waals surface area (Å²) in [4.78, 5) is 32.4. The molecule has 2 aliphatic rings. The van der Waals surface area contributed by atoms with Crippen molar-refractivity contribution in [1.29, 1.82) is 0 Å². The summed E-state index contributed by atoms with van der Waals surface area (Å²) in [5.74, 6) is -3.02. The van der Waals surface area contributed by atoms with E-state index < -0.39 is 83.0 Å². The maximum atomic E-state index is 15.3. The van der Waals surface area contributed by atoms with Gasteiger partial charge in [0.15, 0.2) is 5.69 Å². The third kappa shape index (κ3) is 9.00. The zero-order valence-electron chi connectivity index (χ0n) is 31.9. The van der Waals surface area contributed by atoms with Crippen LogP contribution in [0.1, 0.15) is 105 Å². The number of alkyl halides is 6. The predicted octanol–water partition coefficient (Wildman–Crippen LogP) is 10.3. The van der Waals surface area contributed by atoms with Crippen LogP contribution < -0.4 is 5.32 Å². The van der Waals surface area contributed by atoms with Crippen molar-refractivity contribution in [2.45, 2.75) is 108 Å². The summed E-state index contributed by atoms with van der Waals surface area (Å²) in [5.41, 5.74) is -6.12. The minimum atomic E-state index is -5.19. The topological polar surface area (TPSA) is 120 Å². The number of rotatable bonds is 8. The molecule has 0 saturated heterocycles. The van der Waals surface area contributed by atoms with E-state index in [1.165, 1.54) is 32.9 Å². The van der Waals surface area contributed by atoms with E-state index in [4.69, 9.17) is 13.9 Å². The van der Waals surface area contributed by atoms with E-state index in [9.17, 15) is 22.8 Å². The molecule has 10 nitrogen and oxygen atoms in total. The van der Waals surface area contributed by atoms with E-state index in [1.54, 1.807) is 30.3 Å². The van der Waals surface area contributed by atoms with E-state index in [0.29, 0.717) is 17.2 Å². The lowest BCUT2D eigenvalue weighted by molar-refractivity contribution is -0.295. The smallest absolute Gasteiger partial charge is 0.426 e. The normalized spacial score (nSPS) is 19.3. The number of carbonyl (C=O) groups excluding carboxylic acids is 2. The van der Waals surface area contributed by atoms with Gasteiger partial charge >= 0.3 is 18.4 Å². The number of nitrogens with one attached hydrogen (secondary N) is 1. The molecule has 1 N–H and O–H groups in total. The molecule has 2 aromatic heterocycles. The van der Waals surface area contributed by atoms with Gasteiger partial charge in [0, 0.05) is 19.5 Å². The highest BCUT2D eigenvalue weighted by molar-refractivity contribution is 5.97. The zero-order valence-corrected chi connectivity index (χ0v) is 31.9. The number of amides is 2. The number of fused-ring (bicyclic) bond motifs is 5. The number of carbonyl (C=O) groups is 2. The second-order valence-corrected chi connectivity index (χ2v) is 15.3. The van der Waals surface area contributed by atoms with Gasteiger partial charge in [0.25, 0.3) is 17.7 Å². The molecule has 1 unspecified atom stereocenters. The number of benzene rings is 2. The van der Waals surface area contributed by atoms with Crippen LogP contribution in [0.25, 0.3) is 11.6 Å². The number of anilines is 1. The van der Waals surface area contributed by atoms with Gasteiger partial charge in [-0.05, 0) is 74.6 Å².